The topological polar surface area (TPSA) is 54.0 Å². The van der Waals surface area contributed by atoms with Gasteiger partial charge >= 0.3 is 0 Å². The summed E-state index contributed by atoms with van der Waals surface area (Å²) in [6.07, 6.45) is 4.41. The molecule has 4 heteroatoms. The maximum atomic E-state index is 11.1. The molecule has 20 heavy (non-hydrogen) atoms. The van der Waals surface area contributed by atoms with E-state index in [4.69, 9.17) is 0 Å². The molecular formula is C16H19N3O. The summed E-state index contributed by atoms with van der Waals surface area (Å²) in [5.74, 6) is 0.176. The van der Waals surface area contributed by atoms with Crippen molar-refractivity contribution in [3.8, 4) is 0 Å². The average Bonchev–Trinajstić information content (AvgIpc) is 2.89. The van der Waals surface area contributed by atoms with Gasteiger partial charge in [-0.2, -0.15) is 0 Å². The van der Waals surface area contributed by atoms with Gasteiger partial charge in [0.25, 0.3) is 0 Å². The molecule has 1 aliphatic heterocycles. The Balaban J connectivity index is 1.54. The molecule has 0 aliphatic carbocycles. The van der Waals surface area contributed by atoms with Crippen LogP contribution in [0.25, 0.3) is 10.9 Å². The van der Waals surface area contributed by atoms with Gasteiger partial charge in [-0.25, -0.2) is 0 Å². The van der Waals surface area contributed by atoms with E-state index in [-0.39, 0.29) is 5.91 Å². The summed E-state index contributed by atoms with van der Waals surface area (Å²) in [4.78, 5) is 15.6. The van der Waals surface area contributed by atoms with E-state index in [1.54, 1.807) is 0 Å². The van der Waals surface area contributed by atoms with E-state index in [1.807, 2.05) is 12.3 Å². The van der Waals surface area contributed by atoms with Crippen LogP contribution in [0.3, 0.4) is 0 Å². The number of nitrogens with zero attached hydrogens (tertiary/aromatic N) is 1. The number of rotatable bonds is 5. The molecule has 2 aromatic rings. The first-order chi connectivity index (χ1) is 9.83. The third-order valence-electron chi connectivity index (χ3n) is 3.76. The minimum absolute atomic E-state index is 0.176. The fourth-order valence-electron chi connectivity index (χ4n) is 2.70. The molecule has 0 radical (unpaired) electrons. The summed E-state index contributed by atoms with van der Waals surface area (Å²) in [6, 6.07) is 10.7. The van der Waals surface area contributed by atoms with Crippen molar-refractivity contribution in [1.29, 1.82) is 0 Å². The number of hydrogen-bond donors (Lipinski definition) is 2. The predicted molar refractivity (Wildman–Crippen MR) is 79.5 cm³/mol. The van der Waals surface area contributed by atoms with Gasteiger partial charge in [0.05, 0.1) is 5.52 Å². The Kier molecular flexibility index (Phi) is 3.92. The third kappa shape index (κ3) is 2.96. The standard InChI is InChI=1S/C16H19N3O/c20-15-7-6-14(19-15)11-17-10-8-13-4-1-3-12-5-2-9-18-16(12)13/h1-5,9,14,17H,6-8,10-11H2,(H,19,20). The molecule has 1 saturated heterocycles. The van der Waals surface area contributed by atoms with Gasteiger partial charge in [-0.1, -0.05) is 24.3 Å². The fraction of sp³-hybridized carbons (Fsp3) is 0.375. The highest BCUT2D eigenvalue weighted by molar-refractivity contribution is 5.81. The van der Waals surface area contributed by atoms with Crippen LogP contribution < -0.4 is 10.6 Å². The number of benzene rings is 1. The lowest BCUT2D eigenvalue weighted by molar-refractivity contribution is -0.119. The maximum Gasteiger partial charge on any atom is 0.220 e. The molecule has 1 aromatic carbocycles. The van der Waals surface area contributed by atoms with Crippen molar-refractivity contribution in [2.24, 2.45) is 0 Å². The minimum Gasteiger partial charge on any atom is -0.352 e. The van der Waals surface area contributed by atoms with Crippen LogP contribution in [0.1, 0.15) is 18.4 Å². The molecular weight excluding hydrogens is 250 g/mol. The maximum absolute atomic E-state index is 11.1. The molecule has 1 aromatic heterocycles. The average molecular weight is 269 g/mol. The zero-order chi connectivity index (χ0) is 13.8. The number of amides is 1. The molecule has 4 nitrogen and oxygen atoms in total. The third-order valence-corrected chi connectivity index (χ3v) is 3.76. The van der Waals surface area contributed by atoms with E-state index < -0.39 is 0 Å². The lowest BCUT2D eigenvalue weighted by Crippen LogP contribution is -2.36. The second-order valence-electron chi connectivity index (χ2n) is 5.25. The van der Waals surface area contributed by atoms with E-state index in [1.165, 1.54) is 10.9 Å². The van der Waals surface area contributed by atoms with Crippen molar-refractivity contribution < 1.29 is 4.79 Å². The Bertz CT molecular complexity index is 606. The normalized spacial score (nSPS) is 18.4. The van der Waals surface area contributed by atoms with E-state index in [9.17, 15) is 4.79 Å². The molecule has 1 aliphatic rings. The quantitative estimate of drug-likeness (QED) is 0.811. The molecule has 0 spiro atoms. The number of nitrogens with one attached hydrogen (secondary N) is 2. The van der Waals surface area contributed by atoms with Gasteiger partial charge in [-0.15, -0.1) is 0 Å². The first-order valence-corrected chi connectivity index (χ1v) is 7.15. The van der Waals surface area contributed by atoms with Crippen LogP contribution >= 0.6 is 0 Å². The SMILES string of the molecule is O=C1CCC(CNCCc2cccc3cccnc23)N1. The van der Waals surface area contributed by atoms with Crippen molar-refractivity contribution >= 4 is 16.8 Å². The zero-order valence-corrected chi connectivity index (χ0v) is 11.4. The number of carbonyl (C=O) groups is 1. The number of hydrogen-bond acceptors (Lipinski definition) is 3. The van der Waals surface area contributed by atoms with Gasteiger partial charge in [0, 0.05) is 30.6 Å². The summed E-state index contributed by atoms with van der Waals surface area (Å²) in [7, 11) is 0. The molecule has 1 unspecified atom stereocenters. The van der Waals surface area contributed by atoms with Crippen molar-refractivity contribution in [2.45, 2.75) is 25.3 Å². The van der Waals surface area contributed by atoms with E-state index in [0.717, 1.165) is 31.4 Å². The smallest absolute Gasteiger partial charge is 0.220 e. The Hall–Kier alpha value is -1.94. The molecule has 0 saturated carbocycles. The highest BCUT2D eigenvalue weighted by atomic mass is 16.1. The summed E-state index contributed by atoms with van der Waals surface area (Å²) in [5, 5.41) is 7.57. The van der Waals surface area contributed by atoms with Crippen LogP contribution in [-0.2, 0) is 11.2 Å². The molecule has 2 N–H and O–H groups in total. The predicted octanol–water partition coefficient (Wildman–Crippen LogP) is 1.65. The largest absolute Gasteiger partial charge is 0.352 e. The van der Waals surface area contributed by atoms with Crippen molar-refractivity contribution in [2.75, 3.05) is 13.1 Å². The first-order valence-electron chi connectivity index (χ1n) is 7.15. The number of pyridine rings is 1. The lowest BCUT2D eigenvalue weighted by atomic mass is 10.1. The van der Waals surface area contributed by atoms with Crippen molar-refractivity contribution in [3.05, 3.63) is 42.1 Å². The van der Waals surface area contributed by atoms with E-state index in [0.29, 0.717) is 12.5 Å². The van der Waals surface area contributed by atoms with Crippen LogP contribution in [0.4, 0.5) is 0 Å². The van der Waals surface area contributed by atoms with Crippen LogP contribution in [0.5, 0.6) is 0 Å². The van der Waals surface area contributed by atoms with E-state index >= 15 is 0 Å². The van der Waals surface area contributed by atoms with Crippen LogP contribution in [0.2, 0.25) is 0 Å². The van der Waals surface area contributed by atoms with Gasteiger partial charge < -0.3 is 10.6 Å². The van der Waals surface area contributed by atoms with Gasteiger partial charge in [0.15, 0.2) is 0 Å². The highest BCUT2D eigenvalue weighted by Gasteiger charge is 2.19. The molecule has 104 valence electrons. The molecule has 1 amide bonds. The number of carbonyl (C=O) groups excluding carboxylic acids is 1. The Morgan fingerprint density at radius 3 is 3.05 bits per heavy atom. The van der Waals surface area contributed by atoms with Gasteiger partial charge in [0.2, 0.25) is 5.91 Å². The van der Waals surface area contributed by atoms with Crippen LogP contribution in [0.15, 0.2) is 36.5 Å². The summed E-state index contributed by atoms with van der Waals surface area (Å²) in [6.45, 7) is 1.76. The molecule has 2 heterocycles. The van der Waals surface area contributed by atoms with Gasteiger partial charge in [-0.3, -0.25) is 9.78 Å². The van der Waals surface area contributed by atoms with E-state index in [2.05, 4.69) is 39.9 Å². The highest BCUT2D eigenvalue weighted by Crippen LogP contribution is 2.16. The number of fused-ring (bicyclic) bond motifs is 1. The second kappa shape index (κ2) is 6.01. The lowest BCUT2D eigenvalue weighted by Gasteiger charge is -2.11. The minimum atomic E-state index is 0.176. The monoisotopic (exact) mass is 269 g/mol. The van der Waals surface area contributed by atoms with Gasteiger partial charge in [0.1, 0.15) is 0 Å². The summed E-state index contributed by atoms with van der Waals surface area (Å²) in [5.41, 5.74) is 2.36. The Morgan fingerprint density at radius 1 is 1.30 bits per heavy atom. The fourth-order valence-corrected chi connectivity index (χ4v) is 2.70. The Morgan fingerprint density at radius 2 is 2.20 bits per heavy atom. The Labute approximate surface area is 118 Å². The summed E-state index contributed by atoms with van der Waals surface area (Å²) < 4.78 is 0. The first kappa shape index (κ1) is 13.1. The molecule has 0 bridgehead atoms. The van der Waals surface area contributed by atoms with Gasteiger partial charge in [-0.05, 0) is 31.0 Å². The zero-order valence-electron chi connectivity index (χ0n) is 11.4. The van der Waals surface area contributed by atoms with Crippen molar-refractivity contribution in [1.82, 2.24) is 15.6 Å². The number of para-hydroxylation sites is 1. The van der Waals surface area contributed by atoms with Crippen LogP contribution in [-0.4, -0.2) is 30.0 Å². The number of aromatic nitrogens is 1. The molecule has 3 rings (SSSR count). The van der Waals surface area contributed by atoms with Crippen molar-refractivity contribution in [3.63, 3.8) is 0 Å². The molecule has 1 atom stereocenters. The van der Waals surface area contributed by atoms with Crippen LogP contribution in [0, 0.1) is 0 Å². The second-order valence-corrected chi connectivity index (χ2v) is 5.25. The summed E-state index contributed by atoms with van der Waals surface area (Å²) >= 11 is 0. The molecule has 1 fully saturated rings.